The van der Waals surface area contributed by atoms with Crippen molar-refractivity contribution in [3.8, 4) is 28.8 Å². The maximum atomic E-state index is 9.89. The first kappa shape index (κ1) is 15.4. The minimum Gasteiger partial charge on any atom is -0.506 e. The van der Waals surface area contributed by atoms with Crippen LogP contribution in [-0.4, -0.2) is 17.2 Å². The summed E-state index contributed by atoms with van der Waals surface area (Å²) in [7, 11) is 1.61. The summed E-state index contributed by atoms with van der Waals surface area (Å²) >= 11 is 0. The van der Waals surface area contributed by atoms with Gasteiger partial charge in [-0.05, 0) is 48.5 Å². The van der Waals surface area contributed by atoms with E-state index >= 15 is 0 Å². The fourth-order valence-electron chi connectivity index (χ4n) is 2.27. The number of rotatable bonds is 4. The Hall–Kier alpha value is -3.52. The van der Waals surface area contributed by atoms with Crippen molar-refractivity contribution in [2.24, 2.45) is 0 Å². The summed E-state index contributed by atoms with van der Waals surface area (Å²) in [6.45, 7) is 0. The summed E-state index contributed by atoms with van der Waals surface area (Å²) in [5, 5.41) is 22.2. The normalized spacial score (nSPS) is 10.0. The van der Waals surface area contributed by atoms with Gasteiger partial charge in [-0.1, -0.05) is 12.1 Å². The van der Waals surface area contributed by atoms with E-state index in [1.807, 2.05) is 24.3 Å². The molecule has 0 bridgehead atoms. The highest BCUT2D eigenvalue weighted by atomic mass is 16.5. The summed E-state index contributed by atoms with van der Waals surface area (Å²) in [5.74, 6) is 1.25. The first-order valence-corrected chi connectivity index (χ1v) is 7.32. The maximum absolute atomic E-state index is 9.89. The van der Waals surface area contributed by atoms with Crippen molar-refractivity contribution in [3.63, 3.8) is 0 Å². The van der Waals surface area contributed by atoms with Gasteiger partial charge in [0.25, 0.3) is 0 Å². The van der Waals surface area contributed by atoms with Crippen LogP contribution in [0.3, 0.4) is 0 Å². The van der Waals surface area contributed by atoms with E-state index < -0.39 is 0 Å². The molecule has 0 atom stereocenters. The molecule has 0 fully saturated rings. The van der Waals surface area contributed by atoms with Crippen molar-refractivity contribution >= 4 is 11.5 Å². The molecule has 5 heteroatoms. The Morgan fingerprint density at radius 1 is 1.04 bits per heavy atom. The van der Waals surface area contributed by atoms with Gasteiger partial charge in [-0.25, -0.2) is 4.98 Å². The molecule has 0 amide bonds. The van der Waals surface area contributed by atoms with Crippen LogP contribution in [0.2, 0.25) is 0 Å². The SMILES string of the molecule is COc1ccc(-c2ccc(C#N)c(Nc3ccccc3O)n2)cc1. The summed E-state index contributed by atoms with van der Waals surface area (Å²) in [6.07, 6.45) is 0. The highest BCUT2D eigenvalue weighted by Gasteiger charge is 2.09. The van der Waals surface area contributed by atoms with Crippen LogP contribution in [0, 0.1) is 11.3 Å². The molecule has 3 aromatic rings. The van der Waals surface area contributed by atoms with Crippen molar-refractivity contribution < 1.29 is 9.84 Å². The van der Waals surface area contributed by atoms with Crippen LogP contribution in [0.5, 0.6) is 11.5 Å². The van der Waals surface area contributed by atoms with Gasteiger partial charge in [0.05, 0.1) is 24.1 Å². The molecule has 0 aliphatic heterocycles. The highest BCUT2D eigenvalue weighted by molar-refractivity contribution is 5.71. The molecule has 3 rings (SSSR count). The van der Waals surface area contributed by atoms with E-state index in [9.17, 15) is 10.4 Å². The van der Waals surface area contributed by atoms with Gasteiger partial charge < -0.3 is 15.2 Å². The third-order valence-electron chi connectivity index (χ3n) is 3.56. The second-order valence-corrected chi connectivity index (χ2v) is 5.08. The molecule has 0 saturated carbocycles. The van der Waals surface area contributed by atoms with E-state index in [4.69, 9.17) is 4.74 Å². The summed E-state index contributed by atoms with van der Waals surface area (Å²) in [4.78, 5) is 4.52. The Morgan fingerprint density at radius 2 is 1.79 bits per heavy atom. The van der Waals surface area contributed by atoms with Gasteiger partial charge in [0.15, 0.2) is 0 Å². The van der Waals surface area contributed by atoms with E-state index in [0.717, 1.165) is 17.0 Å². The lowest BCUT2D eigenvalue weighted by Crippen LogP contribution is -1.98. The Labute approximate surface area is 139 Å². The number of pyridine rings is 1. The Kier molecular flexibility index (Phi) is 4.30. The van der Waals surface area contributed by atoms with Crippen LogP contribution in [0.15, 0.2) is 60.7 Å². The molecule has 2 aromatic carbocycles. The second-order valence-electron chi connectivity index (χ2n) is 5.08. The minimum absolute atomic E-state index is 0.0954. The number of aromatic nitrogens is 1. The average Bonchev–Trinajstić information content (AvgIpc) is 2.63. The molecule has 2 N–H and O–H groups in total. The van der Waals surface area contributed by atoms with Gasteiger partial charge in [0, 0.05) is 5.56 Å². The number of hydrogen-bond donors (Lipinski definition) is 2. The first-order valence-electron chi connectivity index (χ1n) is 7.32. The number of nitrogens with one attached hydrogen (secondary N) is 1. The van der Waals surface area contributed by atoms with Gasteiger partial charge >= 0.3 is 0 Å². The predicted octanol–water partition coefficient (Wildman–Crippen LogP) is 4.08. The van der Waals surface area contributed by atoms with Crippen molar-refractivity contribution in [2.45, 2.75) is 0 Å². The van der Waals surface area contributed by atoms with E-state index in [2.05, 4.69) is 16.4 Å². The molecule has 0 spiro atoms. The number of anilines is 2. The molecule has 0 unspecified atom stereocenters. The minimum atomic E-state index is 0.0954. The Balaban J connectivity index is 1.99. The van der Waals surface area contributed by atoms with Crippen LogP contribution in [0.25, 0.3) is 11.3 Å². The standard InChI is InChI=1S/C19H15N3O2/c1-24-15-9-6-13(7-10-15)16-11-8-14(12-20)19(21-16)22-17-4-2-3-5-18(17)23/h2-11,23H,1H3,(H,21,22). The van der Waals surface area contributed by atoms with E-state index in [-0.39, 0.29) is 5.75 Å². The van der Waals surface area contributed by atoms with Crippen molar-refractivity contribution in [1.82, 2.24) is 4.98 Å². The van der Waals surface area contributed by atoms with E-state index in [0.29, 0.717) is 17.1 Å². The number of phenols is 1. The number of nitriles is 1. The van der Waals surface area contributed by atoms with Crippen LogP contribution < -0.4 is 10.1 Å². The second kappa shape index (κ2) is 6.71. The van der Waals surface area contributed by atoms with Gasteiger partial charge in [-0.3, -0.25) is 0 Å². The van der Waals surface area contributed by atoms with Gasteiger partial charge in [0.2, 0.25) is 0 Å². The molecular formula is C19H15N3O2. The summed E-state index contributed by atoms with van der Waals surface area (Å²) < 4.78 is 5.15. The largest absolute Gasteiger partial charge is 0.506 e. The first-order chi connectivity index (χ1) is 11.7. The zero-order chi connectivity index (χ0) is 16.9. The average molecular weight is 317 g/mol. The van der Waals surface area contributed by atoms with Crippen LogP contribution in [0.1, 0.15) is 5.56 Å². The number of phenolic OH excluding ortho intramolecular Hbond substituents is 1. The third-order valence-corrected chi connectivity index (χ3v) is 3.56. The molecule has 24 heavy (non-hydrogen) atoms. The van der Waals surface area contributed by atoms with Crippen LogP contribution >= 0.6 is 0 Å². The monoisotopic (exact) mass is 317 g/mol. The number of methoxy groups -OCH3 is 1. The number of nitrogens with zero attached hydrogens (tertiary/aromatic N) is 2. The lowest BCUT2D eigenvalue weighted by Gasteiger charge is -2.11. The third kappa shape index (κ3) is 3.13. The molecule has 118 valence electrons. The van der Waals surface area contributed by atoms with Gasteiger partial charge in [0.1, 0.15) is 23.4 Å². The zero-order valence-corrected chi connectivity index (χ0v) is 13.0. The fraction of sp³-hybridized carbons (Fsp3) is 0.0526. The number of hydrogen-bond acceptors (Lipinski definition) is 5. The molecular weight excluding hydrogens is 302 g/mol. The van der Waals surface area contributed by atoms with Crippen LogP contribution in [0.4, 0.5) is 11.5 Å². The quantitative estimate of drug-likeness (QED) is 0.709. The lowest BCUT2D eigenvalue weighted by molar-refractivity contribution is 0.415. The van der Waals surface area contributed by atoms with Crippen LogP contribution in [-0.2, 0) is 0 Å². The molecule has 0 radical (unpaired) electrons. The summed E-state index contributed by atoms with van der Waals surface area (Å²) in [5.41, 5.74) is 2.51. The number of benzene rings is 2. The number of para-hydroxylation sites is 2. The molecule has 5 nitrogen and oxygen atoms in total. The molecule has 1 heterocycles. The predicted molar refractivity (Wildman–Crippen MR) is 92.3 cm³/mol. The smallest absolute Gasteiger partial charge is 0.149 e. The Morgan fingerprint density at radius 3 is 2.46 bits per heavy atom. The molecule has 0 aliphatic rings. The number of aromatic hydroxyl groups is 1. The molecule has 0 aliphatic carbocycles. The zero-order valence-electron chi connectivity index (χ0n) is 13.0. The van der Waals surface area contributed by atoms with Crippen molar-refractivity contribution in [3.05, 3.63) is 66.2 Å². The van der Waals surface area contributed by atoms with E-state index in [1.54, 1.807) is 43.5 Å². The van der Waals surface area contributed by atoms with Gasteiger partial charge in [-0.15, -0.1) is 0 Å². The van der Waals surface area contributed by atoms with E-state index in [1.165, 1.54) is 0 Å². The maximum Gasteiger partial charge on any atom is 0.149 e. The highest BCUT2D eigenvalue weighted by Crippen LogP contribution is 2.29. The lowest BCUT2D eigenvalue weighted by atomic mass is 10.1. The van der Waals surface area contributed by atoms with Crippen molar-refractivity contribution in [2.75, 3.05) is 12.4 Å². The molecule has 1 aromatic heterocycles. The van der Waals surface area contributed by atoms with Gasteiger partial charge in [-0.2, -0.15) is 5.26 Å². The molecule has 0 saturated heterocycles. The topological polar surface area (TPSA) is 78.2 Å². The Bertz CT molecular complexity index is 899. The fourth-order valence-corrected chi connectivity index (χ4v) is 2.27. The number of ether oxygens (including phenoxy) is 1. The summed E-state index contributed by atoms with van der Waals surface area (Å²) in [6, 6.07) is 19.9. The van der Waals surface area contributed by atoms with Crippen molar-refractivity contribution in [1.29, 1.82) is 5.26 Å².